The van der Waals surface area contributed by atoms with Gasteiger partial charge >= 0.3 is 0 Å². The van der Waals surface area contributed by atoms with Crippen LogP contribution in [-0.4, -0.2) is 41.7 Å². The number of thiophene rings is 1. The Morgan fingerprint density at radius 2 is 2.13 bits per heavy atom. The van der Waals surface area contributed by atoms with Crippen molar-refractivity contribution in [1.29, 1.82) is 0 Å². The predicted molar refractivity (Wildman–Crippen MR) is 92.8 cm³/mol. The fourth-order valence-corrected chi connectivity index (χ4v) is 3.80. The lowest BCUT2D eigenvalue weighted by Gasteiger charge is -2.30. The van der Waals surface area contributed by atoms with E-state index in [-0.39, 0.29) is 12.5 Å². The van der Waals surface area contributed by atoms with E-state index in [1.165, 1.54) is 22.5 Å². The molecule has 1 atom stereocenters. The van der Waals surface area contributed by atoms with Crippen molar-refractivity contribution in [2.45, 2.75) is 26.0 Å². The number of fused-ring (bicyclic) bond motifs is 1. The number of carbonyl (C=O) groups is 1. The first-order chi connectivity index (χ1) is 11.1. The molecule has 0 fully saturated rings. The molecule has 2 aromatic rings. The van der Waals surface area contributed by atoms with Gasteiger partial charge in [-0.2, -0.15) is 11.3 Å². The molecule has 4 nitrogen and oxygen atoms in total. The molecule has 1 aliphatic heterocycles. The minimum absolute atomic E-state index is 0.105. The first-order valence-corrected chi connectivity index (χ1v) is 8.86. The van der Waals surface area contributed by atoms with Crippen molar-refractivity contribution in [3.8, 4) is 0 Å². The molecule has 0 bridgehead atoms. The molecule has 3 rings (SSSR count). The zero-order valence-electron chi connectivity index (χ0n) is 13.3. The summed E-state index contributed by atoms with van der Waals surface area (Å²) in [6, 6.07) is 8.45. The Morgan fingerprint density at radius 1 is 1.35 bits per heavy atom. The summed E-state index contributed by atoms with van der Waals surface area (Å²) in [4.78, 5) is 14.3. The van der Waals surface area contributed by atoms with Crippen LogP contribution >= 0.6 is 11.3 Å². The van der Waals surface area contributed by atoms with E-state index >= 15 is 0 Å². The number of aryl methyl sites for hydroxylation is 1. The summed E-state index contributed by atoms with van der Waals surface area (Å²) < 4.78 is 0. The highest BCUT2D eigenvalue weighted by atomic mass is 32.1. The highest BCUT2D eigenvalue weighted by Gasteiger charge is 2.19. The largest absolute Gasteiger partial charge is 0.390 e. The van der Waals surface area contributed by atoms with Crippen LogP contribution in [0.4, 0.5) is 0 Å². The molecule has 1 aromatic heterocycles. The quantitative estimate of drug-likeness (QED) is 0.884. The molecule has 122 valence electrons. The Bertz CT molecular complexity index is 683. The number of hydrogen-bond acceptors (Lipinski definition) is 4. The molecular formula is C18H22N2O2S. The predicted octanol–water partition coefficient (Wildman–Crippen LogP) is 2.21. The lowest BCUT2D eigenvalue weighted by molar-refractivity contribution is 0.0841. The van der Waals surface area contributed by atoms with Gasteiger partial charge in [0, 0.05) is 31.6 Å². The average Bonchev–Trinajstić information content (AvgIpc) is 2.98. The summed E-state index contributed by atoms with van der Waals surface area (Å²) in [5.41, 5.74) is 4.42. The zero-order chi connectivity index (χ0) is 16.2. The molecule has 0 radical (unpaired) electrons. The summed E-state index contributed by atoms with van der Waals surface area (Å²) in [5, 5.41) is 16.8. The van der Waals surface area contributed by atoms with Gasteiger partial charge in [-0.1, -0.05) is 24.3 Å². The van der Waals surface area contributed by atoms with Crippen molar-refractivity contribution in [3.05, 3.63) is 57.3 Å². The number of benzene rings is 1. The van der Waals surface area contributed by atoms with Crippen molar-refractivity contribution < 1.29 is 9.90 Å². The third-order valence-electron chi connectivity index (χ3n) is 4.28. The second-order valence-electron chi connectivity index (χ2n) is 6.09. The lowest BCUT2D eigenvalue weighted by Crippen LogP contribution is -2.42. The van der Waals surface area contributed by atoms with E-state index < -0.39 is 6.10 Å². The van der Waals surface area contributed by atoms with Crippen molar-refractivity contribution in [2.24, 2.45) is 0 Å². The number of carbonyl (C=O) groups excluding carboxylic acids is 1. The Labute approximate surface area is 140 Å². The highest BCUT2D eigenvalue weighted by molar-refractivity contribution is 7.08. The maximum Gasteiger partial charge on any atom is 0.252 e. The Kier molecular flexibility index (Phi) is 5.10. The van der Waals surface area contributed by atoms with Crippen LogP contribution in [0.3, 0.4) is 0 Å². The summed E-state index contributed by atoms with van der Waals surface area (Å²) in [6.45, 7) is 4.60. The fraction of sp³-hybridized carbons (Fsp3) is 0.389. The van der Waals surface area contributed by atoms with Gasteiger partial charge in [-0.05, 0) is 35.4 Å². The van der Waals surface area contributed by atoms with Gasteiger partial charge in [-0.3, -0.25) is 9.69 Å². The molecule has 0 spiro atoms. The molecule has 0 aliphatic carbocycles. The smallest absolute Gasteiger partial charge is 0.252 e. The second kappa shape index (κ2) is 7.25. The first kappa shape index (κ1) is 16.2. The van der Waals surface area contributed by atoms with E-state index in [0.29, 0.717) is 12.1 Å². The molecule has 1 aromatic carbocycles. The fourth-order valence-electron chi connectivity index (χ4n) is 2.97. The van der Waals surface area contributed by atoms with Crippen LogP contribution in [0.25, 0.3) is 0 Å². The molecular weight excluding hydrogens is 308 g/mol. The molecule has 0 saturated carbocycles. The van der Waals surface area contributed by atoms with Crippen LogP contribution in [0.15, 0.2) is 35.0 Å². The number of nitrogens with zero attached hydrogens (tertiary/aromatic N) is 1. The van der Waals surface area contributed by atoms with E-state index in [2.05, 4.69) is 34.5 Å². The van der Waals surface area contributed by atoms with Crippen LogP contribution in [-0.2, 0) is 13.0 Å². The highest BCUT2D eigenvalue weighted by Crippen LogP contribution is 2.18. The number of nitrogens with one attached hydrogen (secondary N) is 1. The van der Waals surface area contributed by atoms with Crippen LogP contribution in [0.2, 0.25) is 0 Å². The van der Waals surface area contributed by atoms with Gasteiger partial charge in [0.2, 0.25) is 0 Å². The summed E-state index contributed by atoms with van der Waals surface area (Å²) in [7, 11) is 0. The first-order valence-electron chi connectivity index (χ1n) is 7.91. The van der Waals surface area contributed by atoms with E-state index in [4.69, 9.17) is 0 Å². The maximum atomic E-state index is 12.1. The van der Waals surface area contributed by atoms with Crippen molar-refractivity contribution in [1.82, 2.24) is 10.2 Å². The third-order valence-corrected chi connectivity index (χ3v) is 5.14. The van der Waals surface area contributed by atoms with E-state index in [1.807, 2.05) is 17.7 Å². The number of aliphatic hydroxyl groups excluding tert-OH is 1. The van der Waals surface area contributed by atoms with Crippen LogP contribution in [0.1, 0.15) is 27.0 Å². The number of rotatable bonds is 5. The zero-order valence-corrected chi connectivity index (χ0v) is 14.1. The lowest BCUT2D eigenvalue weighted by atomic mass is 10.00. The van der Waals surface area contributed by atoms with Crippen molar-refractivity contribution in [3.63, 3.8) is 0 Å². The van der Waals surface area contributed by atoms with Crippen LogP contribution in [0, 0.1) is 6.92 Å². The van der Waals surface area contributed by atoms with Gasteiger partial charge in [0.15, 0.2) is 0 Å². The normalized spacial score (nSPS) is 15.9. The van der Waals surface area contributed by atoms with E-state index in [9.17, 15) is 9.90 Å². The van der Waals surface area contributed by atoms with Crippen molar-refractivity contribution >= 4 is 17.2 Å². The topological polar surface area (TPSA) is 52.6 Å². The SMILES string of the molecule is Cc1cscc1C(=O)NC[C@H](O)CN1CCc2ccccc2C1. The third kappa shape index (κ3) is 3.99. The van der Waals surface area contributed by atoms with Gasteiger partial charge < -0.3 is 10.4 Å². The van der Waals surface area contributed by atoms with Gasteiger partial charge in [-0.15, -0.1) is 0 Å². The summed E-state index contributed by atoms with van der Waals surface area (Å²) >= 11 is 1.52. The minimum Gasteiger partial charge on any atom is -0.390 e. The molecule has 5 heteroatoms. The van der Waals surface area contributed by atoms with Gasteiger partial charge in [0.05, 0.1) is 11.7 Å². The Morgan fingerprint density at radius 3 is 2.87 bits per heavy atom. The maximum absolute atomic E-state index is 12.1. The number of amides is 1. The van der Waals surface area contributed by atoms with E-state index in [0.717, 1.165) is 25.1 Å². The molecule has 23 heavy (non-hydrogen) atoms. The van der Waals surface area contributed by atoms with Crippen molar-refractivity contribution in [2.75, 3.05) is 19.6 Å². The number of β-amino-alcohol motifs (C(OH)–C–C–N with tert-alkyl or cyclic N) is 1. The molecule has 1 amide bonds. The van der Waals surface area contributed by atoms with E-state index in [1.54, 1.807) is 0 Å². The minimum atomic E-state index is -0.553. The molecule has 2 heterocycles. The standard InChI is InChI=1S/C18H22N2O2S/c1-13-11-23-12-17(13)18(22)19-8-16(21)10-20-7-6-14-4-2-3-5-15(14)9-20/h2-5,11-12,16,21H,6-10H2,1H3,(H,19,22)/t16-/m0/s1. The van der Waals surface area contributed by atoms with Gasteiger partial charge in [0.1, 0.15) is 0 Å². The number of aliphatic hydroxyl groups is 1. The molecule has 0 saturated heterocycles. The summed E-state index contributed by atoms with van der Waals surface area (Å²) in [6.07, 6.45) is 0.465. The molecule has 2 N–H and O–H groups in total. The van der Waals surface area contributed by atoms with Crippen LogP contribution in [0.5, 0.6) is 0 Å². The number of hydrogen-bond donors (Lipinski definition) is 2. The van der Waals surface area contributed by atoms with Gasteiger partial charge in [0.25, 0.3) is 5.91 Å². The molecule has 1 aliphatic rings. The Hall–Kier alpha value is -1.69. The Balaban J connectivity index is 1.48. The second-order valence-corrected chi connectivity index (χ2v) is 6.83. The monoisotopic (exact) mass is 330 g/mol. The summed E-state index contributed by atoms with van der Waals surface area (Å²) in [5.74, 6) is -0.105. The molecule has 0 unspecified atom stereocenters. The average molecular weight is 330 g/mol. The van der Waals surface area contributed by atoms with Crippen LogP contribution < -0.4 is 5.32 Å². The van der Waals surface area contributed by atoms with Gasteiger partial charge in [-0.25, -0.2) is 0 Å².